The molecule has 3 aromatic carbocycles. The second kappa shape index (κ2) is 12.2. The Morgan fingerprint density at radius 3 is 2.48 bits per heavy atom. The Hall–Kier alpha value is -4.46. The van der Waals surface area contributed by atoms with E-state index in [0.29, 0.717) is 53.9 Å². The topological polar surface area (TPSA) is 94.5 Å². The van der Waals surface area contributed by atoms with Crippen molar-refractivity contribution in [2.45, 2.75) is 38.8 Å². The molecule has 1 saturated heterocycles. The molecule has 8 heteroatoms. The number of hydrogen-bond donors (Lipinski definition) is 1. The highest BCUT2D eigenvalue weighted by atomic mass is 16.6. The SMILES string of the molecule is CCCCCOc1ccc([C@@H]2/C(=C(\O)c3ccc4c(c3)OCCO4)C(=O)C(=O)N2Cc2ccccc2)cc1OC. The monoisotopic (exact) mass is 543 g/mol. The summed E-state index contributed by atoms with van der Waals surface area (Å²) in [6, 6.07) is 18.9. The quantitative estimate of drug-likeness (QED) is 0.153. The van der Waals surface area contributed by atoms with Crippen molar-refractivity contribution >= 4 is 17.4 Å². The number of Topliss-reactive ketones (excluding diaryl/α,β-unsaturated/α-hetero) is 1. The van der Waals surface area contributed by atoms with Gasteiger partial charge >= 0.3 is 0 Å². The van der Waals surface area contributed by atoms with Crippen LogP contribution < -0.4 is 18.9 Å². The fourth-order valence-corrected chi connectivity index (χ4v) is 5.02. The Balaban J connectivity index is 1.58. The van der Waals surface area contributed by atoms with Gasteiger partial charge in [0, 0.05) is 12.1 Å². The number of aliphatic hydroxyl groups excluding tert-OH is 1. The van der Waals surface area contributed by atoms with Gasteiger partial charge in [-0.25, -0.2) is 0 Å². The number of nitrogens with zero attached hydrogens (tertiary/aromatic N) is 1. The number of carbonyl (C=O) groups is 2. The molecule has 0 saturated carbocycles. The largest absolute Gasteiger partial charge is 0.507 e. The van der Waals surface area contributed by atoms with E-state index in [9.17, 15) is 14.7 Å². The predicted molar refractivity (Wildman–Crippen MR) is 150 cm³/mol. The van der Waals surface area contributed by atoms with Crippen LogP contribution in [0.2, 0.25) is 0 Å². The van der Waals surface area contributed by atoms with E-state index in [1.165, 1.54) is 4.90 Å². The van der Waals surface area contributed by atoms with Crippen LogP contribution in [0.3, 0.4) is 0 Å². The van der Waals surface area contributed by atoms with Gasteiger partial charge in [-0.1, -0.05) is 56.2 Å². The molecular formula is C32H33NO7. The van der Waals surface area contributed by atoms with Crippen LogP contribution in [0.25, 0.3) is 5.76 Å². The van der Waals surface area contributed by atoms with Crippen molar-refractivity contribution in [3.8, 4) is 23.0 Å². The van der Waals surface area contributed by atoms with Gasteiger partial charge in [0.15, 0.2) is 23.0 Å². The van der Waals surface area contributed by atoms with Crippen LogP contribution in [0.15, 0.2) is 72.3 Å². The van der Waals surface area contributed by atoms with E-state index in [2.05, 4.69) is 6.92 Å². The smallest absolute Gasteiger partial charge is 0.295 e. The highest BCUT2D eigenvalue weighted by Gasteiger charge is 2.46. The number of amides is 1. The molecule has 1 N–H and O–H groups in total. The predicted octanol–water partition coefficient (Wildman–Crippen LogP) is 5.66. The average molecular weight is 544 g/mol. The van der Waals surface area contributed by atoms with E-state index in [4.69, 9.17) is 18.9 Å². The third-order valence-electron chi connectivity index (χ3n) is 7.06. The minimum atomic E-state index is -0.851. The van der Waals surface area contributed by atoms with E-state index in [-0.39, 0.29) is 17.9 Å². The van der Waals surface area contributed by atoms with Gasteiger partial charge in [0.2, 0.25) is 0 Å². The Bertz CT molecular complexity index is 1420. The second-order valence-corrected chi connectivity index (χ2v) is 9.74. The number of carbonyl (C=O) groups excluding carboxylic acids is 2. The van der Waals surface area contributed by atoms with Gasteiger partial charge in [-0.3, -0.25) is 9.59 Å². The highest BCUT2D eigenvalue weighted by molar-refractivity contribution is 6.46. The van der Waals surface area contributed by atoms with Gasteiger partial charge in [-0.15, -0.1) is 0 Å². The second-order valence-electron chi connectivity index (χ2n) is 9.74. The van der Waals surface area contributed by atoms with Crippen LogP contribution in [0.5, 0.6) is 23.0 Å². The van der Waals surface area contributed by atoms with Crippen LogP contribution in [-0.2, 0) is 16.1 Å². The van der Waals surface area contributed by atoms with Gasteiger partial charge < -0.3 is 29.0 Å². The molecule has 3 aromatic rings. The molecule has 40 heavy (non-hydrogen) atoms. The van der Waals surface area contributed by atoms with Crippen LogP contribution in [-0.4, -0.2) is 48.6 Å². The molecule has 2 aliphatic heterocycles. The number of methoxy groups -OCH3 is 1. The van der Waals surface area contributed by atoms with E-state index in [0.717, 1.165) is 24.8 Å². The summed E-state index contributed by atoms with van der Waals surface area (Å²) < 4.78 is 22.9. The lowest BCUT2D eigenvalue weighted by Gasteiger charge is -2.26. The van der Waals surface area contributed by atoms with Crippen molar-refractivity contribution in [1.29, 1.82) is 0 Å². The summed E-state index contributed by atoms with van der Waals surface area (Å²) in [4.78, 5) is 28.4. The molecule has 5 rings (SSSR count). The normalized spacial score (nSPS) is 17.6. The lowest BCUT2D eigenvalue weighted by Crippen LogP contribution is -2.29. The molecule has 1 fully saturated rings. The molecule has 1 atom stereocenters. The van der Waals surface area contributed by atoms with E-state index >= 15 is 0 Å². The number of aliphatic hydroxyl groups is 1. The molecule has 2 heterocycles. The number of ketones is 1. The minimum Gasteiger partial charge on any atom is -0.507 e. The molecule has 0 bridgehead atoms. The maximum Gasteiger partial charge on any atom is 0.295 e. The number of rotatable bonds is 10. The third-order valence-corrected chi connectivity index (χ3v) is 7.06. The van der Waals surface area contributed by atoms with Crippen molar-refractivity contribution in [3.63, 3.8) is 0 Å². The molecular weight excluding hydrogens is 510 g/mol. The standard InChI is InChI=1S/C32H33NO7/c1-3-4-8-15-38-24-13-11-22(18-26(24)37-2)29-28(30(34)23-12-14-25-27(19-23)40-17-16-39-25)31(35)32(36)33(29)20-21-9-6-5-7-10-21/h5-7,9-14,18-19,29,34H,3-4,8,15-17,20H2,1-2H3/b30-28+/t29-/m1/s1. The van der Waals surface area contributed by atoms with Crippen molar-refractivity contribution in [2.24, 2.45) is 0 Å². The molecule has 0 aliphatic carbocycles. The summed E-state index contributed by atoms with van der Waals surface area (Å²) in [6.07, 6.45) is 3.07. The maximum atomic E-state index is 13.5. The Morgan fingerprint density at radius 1 is 0.950 bits per heavy atom. The zero-order valence-corrected chi connectivity index (χ0v) is 22.7. The number of likely N-dealkylation sites (tertiary alicyclic amines) is 1. The fourth-order valence-electron chi connectivity index (χ4n) is 5.02. The van der Waals surface area contributed by atoms with Gasteiger partial charge in [0.05, 0.1) is 25.3 Å². The van der Waals surface area contributed by atoms with Gasteiger partial charge in [0.1, 0.15) is 19.0 Å². The average Bonchev–Trinajstić information content (AvgIpc) is 3.24. The van der Waals surface area contributed by atoms with Crippen molar-refractivity contribution in [3.05, 3.63) is 89.0 Å². The lowest BCUT2D eigenvalue weighted by atomic mass is 9.94. The van der Waals surface area contributed by atoms with Gasteiger partial charge in [-0.05, 0) is 47.9 Å². The summed E-state index contributed by atoms with van der Waals surface area (Å²) in [5.41, 5.74) is 1.83. The molecule has 1 amide bonds. The molecule has 8 nitrogen and oxygen atoms in total. The number of unbranched alkanes of at least 4 members (excludes halogenated alkanes) is 2. The summed E-state index contributed by atoms with van der Waals surface area (Å²) in [5.74, 6) is 0.362. The number of benzene rings is 3. The molecule has 0 radical (unpaired) electrons. The van der Waals surface area contributed by atoms with E-state index in [1.54, 1.807) is 37.4 Å². The van der Waals surface area contributed by atoms with Crippen molar-refractivity contribution in [1.82, 2.24) is 4.90 Å². The van der Waals surface area contributed by atoms with Crippen LogP contribution >= 0.6 is 0 Å². The molecule has 2 aliphatic rings. The first-order valence-corrected chi connectivity index (χ1v) is 13.5. The molecule has 0 aromatic heterocycles. The summed E-state index contributed by atoms with van der Waals surface area (Å²) in [6.45, 7) is 3.69. The van der Waals surface area contributed by atoms with Gasteiger partial charge in [-0.2, -0.15) is 0 Å². The first-order valence-electron chi connectivity index (χ1n) is 13.5. The summed E-state index contributed by atoms with van der Waals surface area (Å²) in [5, 5.41) is 11.5. The Labute approximate surface area is 233 Å². The van der Waals surface area contributed by atoms with Gasteiger partial charge in [0.25, 0.3) is 11.7 Å². The molecule has 0 spiro atoms. The van der Waals surface area contributed by atoms with Crippen LogP contribution in [0.1, 0.15) is 48.9 Å². The molecule has 208 valence electrons. The van der Waals surface area contributed by atoms with Crippen molar-refractivity contribution < 1.29 is 33.6 Å². The number of ether oxygens (including phenoxy) is 4. The fraction of sp³-hybridized carbons (Fsp3) is 0.312. The zero-order valence-electron chi connectivity index (χ0n) is 22.7. The summed E-state index contributed by atoms with van der Waals surface area (Å²) >= 11 is 0. The third kappa shape index (κ3) is 5.47. The first kappa shape index (κ1) is 27.1. The van der Waals surface area contributed by atoms with Crippen LogP contribution in [0.4, 0.5) is 0 Å². The zero-order chi connectivity index (χ0) is 28.1. The summed E-state index contributed by atoms with van der Waals surface area (Å²) in [7, 11) is 1.55. The van der Waals surface area contributed by atoms with Crippen LogP contribution in [0, 0.1) is 0 Å². The molecule has 0 unspecified atom stereocenters. The highest BCUT2D eigenvalue weighted by Crippen LogP contribution is 2.43. The number of hydrogen-bond acceptors (Lipinski definition) is 7. The maximum absolute atomic E-state index is 13.5. The van der Waals surface area contributed by atoms with E-state index < -0.39 is 17.7 Å². The van der Waals surface area contributed by atoms with E-state index in [1.807, 2.05) is 36.4 Å². The Morgan fingerprint density at radius 2 is 1.73 bits per heavy atom. The lowest BCUT2D eigenvalue weighted by molar-refractivity contribution is -0.140. The number of fused-ring (bicyclic) bond motifs is 1. The first-order chi connectivity index (χ1) is 19.5. The Kier molecular flexibility index (Phi) is 8.24. The van der Waals surface area contributed by atoms with Crippen molar-refractivity contribution in [2.75, 3.05) is 26.9 Å². The minimum absolute atomic E-state index is 0.00345.